The van der Waals surface area contributed by atoms with Gasteiger partial charge in [0, 0.05) is 16.3 Å². The van der Waals surface area contributed by atoms with Gasteiger partial charge >= 0.3 is 0 Å². The standard InChI is InChI=1S/C27H30ClN3O3S/c1-4-5-9-21(3)29-30-27(32)23-15-13-22(14-16-23)19-31(26-18-24(28)17-12-20(26)2)35(33,34)25-10-7-6-8-11-25/h6-8,10-18H,4-5,9,19H2,1-3H3,(H,30,32)/b29-21-. The molecule has 0 spiro atoms. The van der Waals surface area contributed by atoms with E-state index in [1.807, 2.05) is 13.8 Å². The quantitative estimate of drug-likeness (QED) is 0.255. The van der Waals surface area contributed by atoms with Crippen LogP contribution >= 0.6 is 11.6 Å². The van der Waals surface area contributed by atoms with Gasteiger partial charge in [-0.3, -0.25) is 9.10 Å². The Kier molecular flexibility index (Phi) is 9.07. The molecular formula is C27H30ClN3O3S. The molecule has 0 aliphatic heterocycles. The smallest absolute Gasteiger partial charge is 0.267 e. The highest BCUT2D eigenvalue weighted by Crippen LogP contribution is 2.31. The number of sulfonamides is 1. The summed E-state index contributed by atoms with van der Waals surface area (Å²) in [5.41, 5.74) is 5.90. The summed E-state index contributed by atoms with van der Waals surface area (Å²) >= 11 is 6.22. The zero-order chi connectivity index (χ0) is 25.4. The monoisotopic (exact) mass is 511 g/mol. The van der Waals surface area contributed by atoms with Crippen LogP contribution < -0.4 is 9.73 Å². The van der Waals surface area contributed by atoms with Crippen LogP contribution in [0.5, 0.6) is 0 Å². The first kappa shape index (κ1) is 26.4. The molecule has 0 heterocycles. The number of unbranched alkanes of at least 4 members (excludes halogenated alkanes) is 1. The van der Waals surface area contributed by atoms with Crippen molar-refractivity contribution in [2.24, 2.45) is 5.10 Å². The lowest BCUT2D eigenvalue weighted by molar-refractivity contribution is 0.0954. The first-order valence-corrected chi connectivity index (χ1v) is 13.3. The molecule has 0 aliphatic carbocycles. The van der Waals surface area contributed by atoms with E-state index in [0.29, 0.717) is 16.3 Å². The molecule has 0 bridgehead atoms. The number of anilines is 1. The molecule has 0 atom stereocenters. The first-order chi connectivity index (χ1) is 16.7. The third-order valence-electron chi connectivity index (χ3n) is 5.55. The Balaban J connectivity index is 1.87. The van der Waals surface area contributed by atoms with E-state index in [4.69, 9.17) is 11.6 Å². The number of amides is 1. The fraction of sp³-hybridized carbons (Fsp3) is 0.259. The first-order valence-electron chi connectivity index (χ1n) is 11.5. The molecule has 8 heteroatoms. The number of rotatable bonds is 10. The zero-order valence-corrected chi connectivity index (χ0v) is 21.7. The van der Waals surface area contributed by atoms with E-state index in [0.717, 1.165) is 36.1 Å². The molecule has 35 heavy (non-hydrogen) atoms. The molecule has 184 valence electrons. The second-order valence-electron chi connectivity index (χ2n) is 8.34. The van der Waals surface area contributed by atoms with Crippen LogP contribution in [0.15, 0.2) is 82.8 Å². The zero-order valence-electron chi connectivity index (χ0n) is 20.2. The van der Waals surface area contributed by atoms with Crippen LogP contribution in [0.4, 0.5) is 5.69 Å². The Labute approximate surface area is 212 Å². The fourth-order valence-electron chi connectivity index (χ4n) is 3.50. The summed E-state index contributed by atoms with van der Waals surface area (Å²) in [7, 11) is -3.87. The number of nitrogens with zero attached hydrogens (tertiary/aromatic N) is 2. The Morgan fingerprint density at radius 2 is 1.71 bits per heavy atom. The molecule has 0 aliphatic rings. The number of benzene rings is 3. The highest BCUT2D eigenvalue weighted by molar-refractivity contribution is 7.92. The molecule has 1 amide bonds. The van der Waals surface area contributed by atoms with Crippen LogP contribution in [0.3, 0.4) is 0 Å². The third-order valence-corrected chi connectivity index (χ3v) is 7.56. The molecule has 6 nitrogen and oxygen atoms in total. The van der Waals surface area contributed by atoms with Gasteiger partial charge in [0.2, 0.25) is 0 Å². The summed E-state index contributed by atoms with van der Waals surface area (Å²) in [5.74, 6) is -0.313. The molecular weight excluding hydrogens is 482 g/mol. The van der Waals surface area contributed by atoms with Crippen molar-refractivity contribution in [1.29, 1.82) is 0 Å². The largest absolute Gasteiger partial charge is 0.271 e. The average molecular weight is 512 g/mol. The summed E-state index contributed by atoms with van der Waals surface area (Å²) < 4.78 is 28.6. The maximum Gasteiger partial charge on any atom is 0.271 e. The van der Waals surface area contributed by atoms with Gasteiger partial charge in [0.15, 0.2) is 0 Å². The van der Waals surface area contributed by atoms with Crippen molar-refractivity contribution >= 4 is 38.9 Å². The number of hydrazone groups is 1. The minimum absolute atomic E-state index is 0.0780. The summed E-state index contributed by atoms with van der Waals surface area (Å²) in [6, 6.07) is 20.3. The molecule has 0 aromatic heterocycles. The highest BCUT2D eigenvalue weighted by atomic mass is 35.5. The number of carbonyl (C=O) groups is 1. The number of hydrogen-bond donors (Lipinski definition) is 1. The number of hydrogen-bond acceptors (Lipinski definition) is 4. The van der Waals surface area contributed by atoms with E-state index in [-0.39, 0.29) is 17.3 Å². The van der Waals surface area contributed by atoms with E-state index in [1.54, 1.807) is 72.8 Å². The van der Waals surface area contributed by atoms with Crippen LogP contribution in [-0.4, -0.2) is 20.0 Å². The lowest BCUT2D eigenvalue weighted by Crippen LogP contribution is -2.31. The summed E-state index contributed by atoms with van der Waals surface area (Å²) in [4.78, 5) is 12.7. The topological polar surface area (TPSA) is 78.8 Å². The molecule has 0 saturated heterocycles. The Bertz CT molecular complexity index is 1290. The molecule has 0 fully saturated rings. The van der Waals surface area contributed by atoms with Gasteiger partial charge in [-0.05, 0) is 74.2 Å². The second-order valence-corrected chi connectivity index (χ2v) is 10.6. The van der Waals surface area contributed by atoms with E-state index >= 15 is 0 Å². The van der Waals surface area contributed by atoms with Crippen LogP contribution in [0.2, 0.25) is 5.02 Å². The number of aryl methyl sites for hydroxylation is 1. The average Bonchev–Trinajstić information content (AvgIpc) is 2.87. The predicted octanol–water partition coefficient (Wildman–Crippen LogP) is 6.34. The Morgan fingerprint density at radius 1 is 1.03 bits per heavy atom. The molecule has 3 rings (SSSR count). The van der Waals surface area contributed by atoms with Gasteiger partial charge in [-0.2, -0.15) is 5.10 Å². The maximum absolute atomic E-state index is 13.6. The lowest BCUT2D eigenvalue weighted by Gasteiger charge is -2.26. The lowest BCUT2D eigenvalue weighted by atomic mass is 10.1. The van der Waals surface area contributed by atoms with Crippen molar-refractivity contribution in [3.8, 4) is 0 Å². The molecule has 1 N–H and O–H groups in total. The predicted molar refractivity (Wildman–Crippen MR) is 143 cm³/mol. The normalized spacial score (nSPS) is 11.8. The molecule has 3 aromatic carbocycles. The minimum Gasteiger partial charge on any atom is -0.267 e. The van der Waals surface area contributed by atoms with E-state index in [1.165, 1.54) is 4.31 Å². The van der Waals surface area contributed by atoms with Crippen molar-refractivity contribution in [2.45, 2.75) is 51.5 Å². The maximum atomic E-state index is 13.6. The Hall–Kier alpha value is -3.16. The minimum atomic E-state index is -3.87. The van der Waals surface area contributed by atoms with Crippen LogP contribution in [0.1, 0.15) is 54.6 Å². The van der Waals surface area contributed by atoms with Gasteiger partial charge < -0.3 is 0 Å². The van der Waals surface area contributed by atoms with Crippen LogP contribution in [-0.2, 0) is 16.6 Å². The molecule has 0 saturated carbocycles. The van der Waals surface area contributed by atoms with Crippen molar-refractivity contribution in [1.82, 2.24) is 5.43 Å². The molecule has 3 aromatic rings. The number of halogens is 1. The number of carbonyl (C=O) groups excluding carboxylic acids is 1. The third kappa shape index (κ3) is 6.93. The Morgan fingerprint density at radius 3 is 2.37 bits per heavy atom. The number of nitrogens with one attached hydrogen (secondary N) is 1. The SMILES string of the molecule is CCCC/C(C)=N\NC(=O)c1ccc(CN(c2cc(Cl)ccc2C)S(=O)(=O)c2ccccc2)cc1. The van der Waals surface area contributed by atoms with Gasteiger partial charge in [-0.25, -0.2) is 13.8 Å². The van der Waals surface area contributed by atoms with Gasteiger partial charge in [-0.15, -0.1) is 0 Å². The summed E-state index contributed by atoms with van der Waals surface area (Å²) in [5, 5.41) is 4.59. The van der Waals surface area contributed by atoms with E-state index in [2.05, 4.69) is 17.5 Å². The van der Waals surface area contributed by atoms with E-state index < -0.39 is 10.0 Å². The van der Waals surface area contributed by atoms with Gasteiger partial charge in [0.05, 0.1) is 17.1 Å². The van der Waals surface area contributed by atoms with Crippen LogP contribution in [0, 0.1) is 6.92 Å². The van der Waals surface area contributed by atoms with Crippen molar-refractivity contribution in [3.05, 3.63) is 94.5 Å². The van der Waals surface area contributed by atoms with Crippen molar-refractivity contribution in [3.63, 3.8) is 0 Å². The van der Waals surface area contributed by atoms with Gasteiger partial charge in [-0.1, -0.05) is 61.3 Å². The molecule has 0 radical (unpaired) electrons. The van der Waals surface area contributed by atoms with E-state index in [9.17, 15) is 13.2 Å². The van der Waals surface area contributed by atoms with Crippen LogP contribution in [0.25, 0.3) is 0 Å². The molecule has 0 unspecified atom stereocenters. The summed E-state index contributed by atoms with van der Waals surface area (Å²) in [6.07, 6.45) is 2.92. The highest BCUT2D eigenvalue weighted by Gasteiger charge is 2.26. The van der Waals surface area contributed by atoms with Gasteiger partial charge in [0.25, 0.3) is 15.9 Å². The van der Waals surface area contributed by atoms with Crippen molar-refractivity contribution < 1.29 is 13.2 Å². The van der Waals surface area contributed by atoms with Gasteiger partial charge in [0.1, 0.15) is 0 Å². The fourth-order valence-corrected chi connectivity index (χ4v) is 5.19. The summed E-state index contributed by atoms with van der Waals surface area (Å²) in [6.45, 7) is 5.91. The van der Waals surface area contributed by atoms with Crippen molar-refractivity contribution in [2.75, 3.05) is 4.31 Å². The second kappa shape index (κ2) is 12.0.